The molecule has 7 nitrogen and oxygen atoms in total. The van der Waals surface area contributed by atoms with E-state index in [1.165, 1.54) is 43.0 Å². The van der Waals surface area contributed by atoms with E-state index in [4.69, 9.17) is 5.73 Å². The maximum atomic E-state index is 11.5. The van der Waals surface area contributed by atoms with Crippen molar-refractivity contribution in [2.45, 2.75) is 59.3 Å². The van der Waals surface area contributed by atoms with Crippen molar-refractivity contribution in [3.8, 4) is 11.3 Å². The van der Waals surface area contributed by atoms with Gasteiger partial charge in [-0.25, -0.2) is 9.50 Å². The van der Waals surface area contributed by atoms with Gasteiger partial charge in [0.1, 0.15) is 11.2 Å². The molecular weight excluding hydrogens is 432 g/mol. The number of H-pyrrole nitrogens is 1. The van der Waals surface area contributed by atoms with Crippen LogP contribution in [0.1, 0.15) is 65.7 Å². The van der Waals surface area contributed by atoms with Gasteiger partial charge in [-0.05, 0) is 68.3 Å². The van der Waals surface area contributed by atoms with Crippen molar-refractivity contribution < 1.29 is 4.79 Å². The molecule has 4 aromatic rings. The van der Waals surface area contributed by atoms with Crippen molar-refractivity contribution in [2.75, 3.05) is 19.6 Å². The summed E-state index contributed by atoms with van der Waals surface area (Å²) in [6.07, 6.45) is 5.97. The van der Waals surface area contributed by atoms with E-state index in [1.807, 2.05) is 15.9 Å². The lowest BCUT2D eigenvalue weighted by molar-refractivity contribution is -0.119. The van der Waals surface area contributed by atoms with Gasteiger partial charge in [0.2, 0.25) is 5.91 Å². The molecule has 0 saturated carbocycles. The minimum absolute atomic E-state index is 0.243. The number of likely N-dealkylation sites (tertiary alicyclic amines) is 1. The molecule has 0 bridgehead atoms. The van der Waals surface area contributed by atoms with E-state index in [0.717, 1.165) is 37.1 Å². The maximum absolute atomic E-state index is 11.5. The van der Waals surface area contributed by atoms with E-state index in [1.54, 1.807) is 6.33 Å². The largest absolute Gasteiger partial charge is 0.369 e. The van der Waals surface area contributed by atoms with Crippen LogP contribution in [0.15, 0.2) is 12.5 Å². The van der Waals surface area contributed by atoms with Crippen molar-refractivity contribution in [2.24, 2.45) is 5.73 Å². The van der Waals surface area contributed by atoms with E-state index >= 15 is 0 Å². The number of carbonyl (C=O) groups excluding carboxylic acids is 1. The normalized spacial score (nSPS) is 17.6. The van der Waals surface area contributed by atoms with Crippen LogP contribution < -0.4 is 5.73 Å². The lowest BCUT2D eigenvalue weighted by Crippen LogP contribution is -2.40. The molecule has 1 saturated heterocycles. The van der Waals surface area contributed by atoms with E-state index in [-0.39, 0.29) is 5.91 Å². The number of hydrogen-bond donors (Lipinski definition) is 2. The molecule has 33 heavy (non-hydrogen) atoms. The Bertz CT molecular complexity index is 1360. The molecule has 1 aliphatic rings. The van der Waals surface area contributed by atoms with Gasteiger partial charge in [0.25, 0.3) is 0 Å². The lowest BCUT2D eigenvalue weighted by Gasteiger charge is -2.31. The summed E-state index contributed by atoms with van der Waals surface area (Å²) in [5, 5.41) is 5.76. The zero-order valence-electron chi connectivity index (χ0n) is 20.0. The number of aromatic amines is 1. The molecule has 0 unspecified atom stereocenters. The molecular formula is C25H32N6OS. The predicted octanol–water partition coefficient (Wildman–Crippen LogP) is 4.65. The highest BCUT2D eigenvalue weighted by Crippen LogP contribution is 2.46. The molecule has 1 fully saturated rings. The van der Waals surface area contributed by atoms with Crippen LogP contribution in [-0.2, 0) is 4.79 Å². The average molecular weight is 465 g/mol. The Kier molecular flexibility index (Phi) is 5.53. The minimum Gasteiger partial charge on any atom is -0.369 e. The number of hydrogen-bond acceptors (Lipinski definition) is 5. The Balaban J connectivity index is 1.62. The zero-order valence-corrected chi connectivity index (χ0v) is 20.8. The smallest absolute Gasteiger partial charge is 0.231 e. The quantitative estimate of drug-likeness (QED) is 0.450. The number of nitrogens with one attached hydrogen (secondary N) is 1. The molecule has 8 heteroatoms. The van der Waals surface area contributed by atoms with Crippen LogP contribution in [0.4, 0.5) is 0 Å². The zero-order chi connectivity index (χ0) is 23.4. The van der Waals surface area contributed by atoms with Crippen molar-refractivity contribution in [1.29, 1.82) is 0 Å². The molecule has 1 atom stereocenters. The molecule has 3 N–H and O–H groups in total. The van der Waals surface area contributed by atoms with Crippen LogP contribution in [0.25, 0.3) is 27.1 Å². The number of aromatic nitrogens is 4. The third-order valence-corrected chi connectivity index (χ3v) is 8.56. The molecule has 0 spiro atoms. The number of primary amides is 1. The first-order chi connectivity index (χ1) is 15.8. The van der Waals surface area contributed by atoms with Crippen LogP contribution in [0, 0.1) is 20.8 Å². The predicted molar refractivity (Wildman–Crippen MR) is 134 cm³/mol. The lowest BCUT2D eigenvalue weighted by atomic mass is 9.90. The van der Waals surface area contributed by atoms with Crippen LogP contribution in [0.3, 0.4) is 0 Å². The molecule has 0 aromatic carbocycles. The summed E-state index contributed by atoms with van der Waals surface area (Å²) >= 11 is 1.88. The Morgan fingerprint density at radius 2 is 2.06 bits per heavy atom. The number of aryl methyl sites for hydroxylation is 2. The minimum atomic E-state index is -0.243. The summed E-state index contributed by atoms with van der Waals surface area (Å²) in [5.41, 5.74) is 13.9. The van der Waals surface area contributed by atoms with Crippen molar-refractivity contribution in [3.05, 3.63) is 39.7 Å². The number of rotatable bonds is 5. The third-order valence-electron chi connectivity index (χ3n) is 7.19. The number of nitrogens with zero attached hydrogens (tertiary/aromatic N) is 4. The SMILES string of the molecule is Cc1c(-c2[nH]c3sc([C@H]4CCCN(CC(N)=O)C4)c(C)c3c2C(C)C)cn2ncnc2c1C. The number of amides is 1. The van der Waals surface area contributed by atoms with E-state index < -0.39 is 0 Å². The highest BCUT2D eigenvalue weighted by molar-refractivity contribution is 7.19. The van der Waals surface area contributed by atoms with Gasteiger partial charge < -0.3 is 10.7 Å². The van der Waals surface area contributed by atoms with Gasteiger partial charge in [0.05, 0.1) is 12.2 Å². The molecule has 1 aliphatic heterocycles. The highest BCUT2D eigenvalue weighted by atomic mass is 32.1. The second kappa shape index (κ2) is 8.25. The van der Waals surface area contributed by atoms with Gasteiger partial charge in [0.15, 0.2) is 5.65 Å². The number of nitrogens with two attached hydrogens (primary N) is 1. The van der Waals surface area contributed by atoms with Gasteiger partial charge in [-0.2, -0.15) is 5.10 Å². The van der Waals surface area contributed by atoms with Crippen LogP contribution in [-0.4, -0.2) is 50.0 Å². The number of fused-ring (bicyclic) bond motifs is 2. The monoisotopic (exact) mass is 464 g/mol. The van der Waals surface area contributed by atoms with E-state index in [9.17, 15) is 4.79 Å². The number of carbonyl (C=O) groups is 1. The van der Waals surface area contributed by atoms with Gasteiger partial charge in [-0.1, -0.05) is 13.8 Å². The fourth-order valence-electron chi connectivity index (χ4n) is 5.52. The molecule has 0 aliphatic carbocycles. The fraction of sp³-hybridized carbons (Fsp3) is 0.480. The maximum Gasteiger partial charge on any atom is 0.231 e. The first-order valence-corrected chi connectivity index (χ1v) is 12.5. The summed E-state index contributed by atoms with van der Waals surface area (Å²) in [6, 6.07) is 0. The summed E-state index contributed by atoms with van der Waals surface area (Å²) in [4.78, 5) is 24.6. The van der Waals surface area contributed by atoms with Crippen molar-refractivity contribution in [3.63, 3.8) is 0 Å². The molecule has 5 rings (SSSR count). The van der Waals surface area contributed by atoms with Crippen LogP contribution in [0.5, 0.6) is 0 Å². The topological polar surface area (TPSA) is 92.3 Å². The molecule has 174 valence electrons. The molecule has 1 amide bonds. The van der Waals surface area contributed by atoms with E-state index in [0.29, 0.717) is 18.4 Å². The summed E-state index contributed by atoms with van der Waals surface area (Å²) in [5.74, 6) is 0.578. The Morgan fingerprint density at radius 3 is 2.79 bits per heavy atom. The molecule has 0 radical (unpaired) electrons. The van der Waals surface area contributed by atoms with Gasteiger partial charge >= 0.3 is 0 Å². The second-order valence-electron chi connectivity index (χ2n) is 9.73. The van der Waals surface area contributed by atoms with Gasteiger partial charge in [-0.15, -0.1) is 11.3 Å². The van der Waals surface area contributed by atoms with Gasteiger partial charge in [0, 0.05) is 34.5 Å². The average Bonchev–Trinajstić information content (AvgIpc) is 3.45. The third kappa shape index (κ3) is 3.65. The number of thiophene rings is 1. The molecule has 4 aromatic heterocycles. The first kappa shape index (κ1) is 22.1. The highest BCUT2D eigenvalue weighted by Gasteiger charge is 2.29. The standard InChI is InChI=1S/C25H32N6OS/c1-13(2)20-21-16(5)23(17-7-6-8-30(9-17)11-19(26)32)33-25(21)29-22(20)18-10-31-24(27-12-28-31)15(4)14(18)3/h10,12-13,17,29H,6-9,11H2,1-5H3,(H2,26,32)/t17-/m0/s1. The second-order valence-corrected chi connectivity index (χ2v) is 10.8. The first-order valence-electron chi connectivity index (χ1n) is 11.7. The Labute approximate surface area is 198 Å². The number of pyridine rings is 1. The Morgan fingerprint density at radius 1 is 1.27 bits per heavy atom. The van der Waals surface area contributed by atoms with Gasteiger partial charge in [-0.3, -0.25) is 9.69 Å². The fourth-order valence-corrected chi connectivity index (χ4v) is 6.87. The van der Waals surface area contributed by atoms with Crippen LogP contribution in [0.2, 0.25) is 0 Å². The number of piperidine rings is 1. The van der Waals surface area contributed by atoms with Crippen LogP contribution >= 0.6 is 11.3 Å². The summed E-state index contributed by atoms with van der Waals surface area (Å²) in [7, 11) is 0. The van der Waals surface area contributed by atoms with Crippen molar-refractivity contribution in [1.82, 2.24) is 24.5 Å². The van der Waals surface area contributed by atoms with E-state index in [2.05, 4.69) is 60.8 Å². The summed E-state index contributed by atoms with van der Waals surface area (Å²) in [6.45, 7) is 13.3. The summed E-state index contributed by atoms with van der Waals surface area (Å²) < 4.78 is 1.88. The Hall–Kier alpha value is -2.71. The molecule has 5 heterocycles. The van der Waals surface area contributed by atoms with Crippen molar-refractivity contribution >= 4 is 33.1 Å².